The summed E-state index contributed by atoms with van der Waals surface area (Å²) in [5, 5.41) is 3.55. The molecule has 2 amide bonds. The number of nitrogens with zero attached hydrogens (tertiary/aromatic N) is 4. The number of hydrogen-bond donors (Lipinski definition) is 1. The zero-order chi connectivity index (χ0) is 18.7. The van der Waals surface area contributed by atoms with E-state index in [9.17, 15) is 9.59 Å². The summed E-state index contributed by atoms with van der Waals surface area (Å²) in [5.41, 5.74) is 0.785. The number of benzene rings is 1. The van der Waals surface area contributed by atoms with Crippen LogP contribution in [0.2, 0.25) is 10.0 Å². The van der Waals surface area contributed by atoms with Crippen molar-refractivity contribution in [2.24, 2.45) is 0 Å². The highest BCUT2D eigenvalue weighted by molar-refractivity contribution is 6.36. The van der Waals surface area contributed by atoms with Crippen molar-refractivity contribution < 1.29 is 9.59 Å². The molecule has 1 aromatic carbocycles. The van der Waals surface area contributed by atoms with Crippen LogP contribution in [0.5, 0.6) is 0 Å². The summed E-state index contributed by atoms with van der Waals surface area (Å²) >= 11 is 11.9. The lowest BCUT2D eigenvalue weighted by atomic mass is 10.2. The predicted octanol–water partition coefficient (Wildman–Crippen LogP) is 2.70. The van der Waals surface area contributed by atoms with Crippen LogP contribution in [0.4, 0.5) is 11.6 Å². The summed E-state index contributed by atoms with van der Waals surface area (Å²) in [6.07, 6.45) is 2.94. The summed E-state index contributed by atoms with van der Waals surface area (Å²) in [6, 6.07) is 4.83. The molecule has 0 spiro atoms. The van der Waals surface area contributed by atoms with Crippen molar-refractivity contribution in [3.05, 3.63) is 46.2 Å². The number of halogens is 2. The van der Waals surface area contributed by atoms with E-state index in [1.807, 2.05) is 4.90 Å². The molecule has 0 unspecified atom stereocenters. The molecule has 0 atom stereocenters. The summed E-state index contributed by atoms with van der Waals surface area (Å²) in [6.45, 7) is 4.15. The van der Waals surface area contributed by atoms with Gasteiger partial charge in [-0.1, -0.05) is 23.2 Å². The molecule has 26 heavy (non-hydrogen) atoms. The average Bonchev–Trinajstić information content (AvgIpc) is 2.64. The number of piperazine rings is 1. The fourth-order valence-electron chi connectivity index (χ4n) is 2.61. The number of carbonyl (C=O) groups excluding carboxylic acids is 2. The van der Waals surface area contributed by atoms with Crippen molar-refractivity contribution in [1.82, 2.24) is 14.9 Å². The Morgan fingerprint density at radius 1 is 1.08 bits per heavy atom. The van der Waals surface area contributed by atoms with Crippen LogP contribution >= 0.6 is 23.2 Å². The monoisotopic (exact) mass is 393 g/mol. The number of nitrogens with one attached hydrogen (secondary N) is 1. The first-order chi connectivity index (χ1) is 12.4. The molecule has 136 valence electrons. The third-order valence-corrected chi connectivity index (χ3v) is 4.64. The molecule has 0 saturated carbocycles. The number of carbonyl (C=O) groups is 2. The molecule has 1 saturated heterocycles. The van der Waals surface area contributed by atoms with Gasteiger partial charge < -0.3 is 15.1 Å². The van der Waals surface area contributed by atoms with E-state index in [0.29, 0.717) is 53.4 Å². The number of amides is 2. The van der Waals surface area contributed by atoms with Crippen molar-refractivity contribution in [1.29, 1.82) is 0 Å². The highest BCUT2D eigenvalue weighted by atomic mass is 35.5. The Hall–Kier alpha value is -2.38. The quantitative estimate of drug-likeness (QED) is 0.866. The van der Waals surface area contributed by atoms with Crippen LogP contribution in [0, 0.1) is 0 Å². The van der Waals surface area contributed by atoms with Gasteiger partial charge in [0.25, 0.3) is 5.91 Å². The molecule has 1 aliphatic heterocycles. The van der Waals surface area contributed by atoms with Gasteiger partial charge in [0.2, 0.25) is 11.9 Å². The molecule has 7 nitrogen and oxygen atoms in total. The third kappa shape index (κ3) is 4.23. The standard InChI is InChI=1S/C17H17Cl2N5O2/c1-11(25)23-4-6-24(7-5-23)17-20-9-12(10-21-17)16(26)22-15-3-2-13(18)8-14(15)19/h2-3,8-10H,4-7H2,1H3,(H,22,26). The third-order valence-electron chi connectivity index (χ3n) is 4.09. The summed E-state index contributed by atoms with van der Waals surface area (Å²) in [5.74, 6) is 0.245. The van der Waals surface area contributed by atoms with Gasteiger partial charge in [-0.3, -0.25) is 9.59 Å². The smallest absolute Gasteiger partial charge is 0.258 e. The van der Waals surface area contributed by atoms with Gasteiger partial charge in [-0.05, 0) is 18.2 Å². The first-order valence-corrected chi connectivity index (χ1v) is 8.78. The van der Waals surface area contributed by atoms with Crippen molar-refractivity contribution >= 4 is 46.7 Å². The highest BCUT2D eigenvalue weighted by Gasteiger charge is 2.20. The van der Waals surface area contributed by atoms with E-state index >= 15 is 0 Å². The van der Waals surface area contributed by atoms with E-state index < -0.39 is 0 Å². The van der Waals surface area contributed by atoms with E-state index in [1.54, 1.807) is 30.0 Å². The van der Waals surface area contributed by atoms with Gasteiger partial charge in [0, 0.05) is 50.5 Å². The predicted molar refractivity (Wildman–Crippen MR) is 101 cm³/mol. The minimum atomic E-state index is -0.359. The van der Waals surface area contributed by atoms with Gasteiger partial charge >= 0.3 is 0 Å². The molecule has 2 heterocycles. The fraction of sp³-hybridized carbons (Fsp3) is 0.294. The first kappa shape index (κ1) is 18.4. The van der Waals surface area contributed by atoms with E-state index in [0.717, 1.165) is 0 Å². The SMILES string of the molecule is CC(=O)N1CCN(c2ncc(C(=O)Nc3ccc(Cl)cc3Cl)cn2)CC1. The highest BCUT2D eigenvalue weighted by Crippen LogP contribution is 2.25. The van der Waals surface area contributed by atoms with Gasteiger partial charge in [-0.15, -0.1) is 0 Å². The van der Waals surface area contributed by atoms with Crippen LogP contribution in [0.1, 0.15) is 17.3 Å². The van der Waals surface area contributed by atoms with E-state index in [2.05, 4.69) is 15.3 Å². The van der Waals surface area contributed by atoms with Crippen molar-refractivity contribution in [3.63, 3.8) is 0 Å². The van der Waals surface area contributed by atoms with Crippen LogP contribution in [0.25, 0.3) is 0 Å². The van der Waals surface area contributed by atoms with Crippen molar-refractivity contribution in [3.8, 4) is 0 Å². The minimum Gasteiger partial charge on any atom is -0.339 e. The maximum atomic E-state index is 12.3. The van der Waals surface area contributed by atoms with Crippen LogP contribution < -0.4 is 10.2 Å². The van der Waals surface area contributed by atoms with Crippen LogP contribution in [0.3, 0.4) is 0 Å². The lowest BCUT2D eigenvalue weighted by Gasteiger charge is -2.34. The van der Waals surface area contributed by atoms with E-state index in [1.165, 1.54) is 12.4 Å². The Balaban J connectivity index is 1.64. The van der Waals surface area contributed by atoms with Gasteiger partial charge in [-0.2, -0.15) is 0 Å². The minimum absolute atomic E-state index is 0.0680. The summed E-state index contributed by atoms with van der Waals surface area (Å²) in [7, 11) is 0. The maximum Gasteiger partial charge on any atom is 0.258 e. The number of rotatable bonds is 3. The zero-order valence-corrected chi connectivity index (χ0v) is 15.6. The van der Waals surface area contributed by atoms with Crippen LogP contribution in [-0.4, -0.2) is 52.9 Å². The second kappa shape index (κ2) is 7.88. The van der Waals surface area contributed by atoms with Crippen LogP contribution in [-0.2, 0) is 4.79 Å². The molecular formula is C17H17Cl2N5O2. The lowest BCUT2D eigenvalue weighted by molar-refractivity contribution is -0.129. The molecule has 9 heteroatoms. The summed E-state index contributed by atoms with van der Waals surface area (Å²) < 4.78 is 0. The Morgan fingerprint density at radius 3 is 2.31 bits per heavy atom. The Labute approximate surface area is 160 Å². The Bertz CT molecular complexity index is 820. The Kier molecular flexibility index (Phi) is 5.58. The van der Waals surface area contributed by atoms with Gasteiger partial charge in [-0.25, -0.2) is 9.97 Å². The Morgan fingerprint density at radius 2 is 1.73 bits per heavy atom. The molecule has 1 fully saturated rings. The van der Waals surface area contributed by atoms with Crippen LogP contribution in [0.15, 0.2) is 30.6 Å². The molecule has 2 aromatic rings. The van der Waals surface area contributed by atoms with Gasteiger partial charge in [0.15, 0.2) is 0 Å². The maximum absolute atomic E-state index is 12.3. The van der Waals surface area contributed by atoms with Crippen molar-refractivity contribution in [2.75, 3.05) is 36.4 Å². The molecule has 0 aliphatic carbocycles. The molecule has 1 N–H and O–H groups in total. The molecule has 1 aromatic heterocycles. The number of aromatic nitrogens is 2. The second-order valence-corrected chi connectivity index (χ2v) is 6.69. The fourth-order valence-corrected chi connectivity index (χ4v) is 3.06. The summed E-state index contributed by atoms with van der Waals surface area (Å²) in [4.78, 5) is 36.0. The van der Waals surface area contributed by atoms with Gasteiger partial charge in [0.05, 0.1) is 16.3 Å². The molecule has 3 rings (SSSR count). The number of hydrogen-bond acceptors (Lipinski definition) is 5. The topological polar surface area (TPSA) is 78.4 Å². The van der Waals surface area contributed by atoms with Gasteiger partial charge in [0.1, 0.15) is 0 Å². The zero-order valence-electron chi connectivity index (χ0n) is 14.1. The van der Waals surface area contributed by atoms with E-state index in [-0.39, 0.29) is 11.8 Å². The molecule has 0 bridgehead atoms. The number of anilines is 2. The molecule has 0 radical (unpaired) electrons. The normalized spacial score (nSPS) is 14.3. The average molecular weight is 394 g/mol. The molecule has 1 aliphatic rings. The largest absolute Gasteiger partial charge is 0.339 e. The first-order valence-electron chi connectivity index (χ1n) is 8.03. The van der Waals surface area contributed by atoms with Crippen molar-refractivity contribution in [2.45, 2.75) is 6.92 Å². The van der Waals surface area contributed by atoms with E-state index in [4.69, 9.17) is 23.2 Å². The molecular weight excluding hydrogens is 377 g/mol. The second-order valence-electron chi connectivity index (χ2n) is 5.84. The lowest BCUT2D eigenvalue weighted by Crippen LogP contribution is -2.48.